The number of nitrogens with zero attached hydrogens (tertiary/aromatic N) is 3. The fraction of sp³-hybridized carbons (Fsp3) is 0.417. The number of aromatic nitrogens is 1. The SMILES string of the molecule is COCCN(CCC#N)C(=O)c1ncccc1O. The Bertz CT molecular complexity index is 442. The third-order valence-corrected chi connectivity index (χ3v) is 2.34. The quantitative estimate of drug-likeness (QED) is 0.805. The molecule has 0 aliphatic carbocycles. The fourth-order valence-electron chi connectivity index (χ4n) is 1.41. The van der Waals surface area contributed by atoms with E-state index in [1.807, 2.05) is 6.07 Å². The minimum absolute atomic E-state index is 0.00783. The topological polar surface area (TPSA) is 86.5 Å². The summed E-state index contributed by atoms with van der Waals surface area (Å²) in [4.78, 5) is 17.4. The first-order chi connectivity index (χ1) is 8.70. The molecular weight excluding hydrogens is 234 g/mol. The van der Waals surface area contributed by atoms with Crippen molar-refractivity contribution in [1.29, 1.82) is 5.26 Å². The second-order valence-electron chi connectivity index (χ2n) is 3.56. The van der Waals surface area contributed by atoms with E-state index in [-0.39, 0.29) is 24.4 Å². The molecule has 1 heterocycles. The molecule has 1 aromatic heterocycles. The average molecular weight is 249 g/mol. The van der Waals surface area contributed by atoms with Crippen molar-refractivity contribution in [2.75, 3.05) is 26.8 Å². The van der Waals surface area contributed by atoms with E-state index in [1.165, 1.54) is 24.3 Å². The summed E-state index contributed by atoms with van der Waals surface area (Å²) in [6.07, 6.45) is 1.66. The first-order valence-electron chi connectivity index (χ1n) is 5.50. The molecule has 0 spiro atoms. The summed E-state index contributed by atoms with van der Waals surface area (Å²) in [5.74, 6) is -0.567. The summed E-state index contributed by atoms with van der Waals surface area (Å²) in [6.45, 7) is 1.01. The van der Waals surface area contributed by atoms with E-state index < -0.39 is 5.91 Å². The summed E-state index contributed by atoms with van der Waals surface area (Å²) < 4.78 is 4.91. The monoisotopic (exact) mass is 249 g/mol. The Balaban J connectivity index is 2.81. The Kier molecular flexibility index (Phi) is 5.61. The van der Waals surface area contributed by atoms with Crippen LogP contribution >= 0.6 is 0 Å². The summed E-state index contributed by atoms with van der Waals surface area (Å²) >= 11 is 0. The molecule has 0 fully saturated rings. The lowest BCUT2D eigenvalue weighted by Gasteiger charge is -2.20. The molecule has 0 aromatic carbocycles. The van der Waals surface area contributed by atoms with Gasteiger partial charge < -0.3 is 14.7 Å². The standard InChI is InChI=1S/C12H15N3O3/c1-18-9-8-15(7-3-5-13)12(17)11-10(16)4-2-6-14-11/h2,4,6,16H,3,7-9H2,1H3. The Morgan fingerprint density at radius 3 is 3.00 bits per heavy atom. The number of aromatic hydroxyl groups is 1. The smallest absolute Gasteiger partial charge is 0.276 e. The normalized spacial score (nSPS) is 9.78. The zero-order valence-electron chi connectivity index (χ0n) is 10.2. The number of nitriles is 1. The molecule has 1 amide bonds. The Hall–Kier alpha value is -2.13. The number of amides is 1. The molecule has 0 aliphatic heterocycles. The minimum Gasteiger partial charge on any atom is -0.505 e. The number of carbonyl (C=O) groups excluding carboxylic acids is 1. The van der Waals surface area contributed by atoms with Crippen molar-refractivity contribution in [3.63, 3.8) is 0 Å². The molecule has 18 heavy (non-hydrogen) atoms. The highest BCUT2D eigenvalue weighted by molar-refractivity contribution is 5.94. The average Bonchev–Trinajstić information content (AvgIpc) is 2.39. The van der Waals surface area contributed by atoms with Gasteiger partial charge in [0, 0.05) is 26.4 Å². The third-order valence-electron chi connectivity index (χ3n) is 2.34. The molecular formula is C12H15N3O3. The first-order valence-corrected chi connectivity index (χ1v) is 5.50. The molecule has 1 rings (SSSR count). The van der Waals surface area contributed by atoms with Crippen molar-refractivity contribution in [2.24, 2.45) is 0 Å². The van der Waals surface area contributed by atoms with Crippen LogP contribution < -0.4 is 0 Å². The van der Waals surface area contributed by atoms with Crippen molar-refractivity contribution in [3.05, 3.63) is 24.0 Å². The largest absolute Gasteiger partial charge is 0.505 e. The second kappa shape index (κ2) is 7.25. The highest BCUT2D eigenvalue weighted by Crippen LogP contribution is 2.15. The van der Waals surface area contributed by atoms with Crippen LogP contribution in [0.25, 0.3) is 0 Å². The molecule has 0 aliphatic rings. The molecule has 6 nitrogen and oxygen atoms in total. The van der Waals surface area contributed by atoms with Crippen LogP contribution in [0.15, 0.2) is 18.3 Å². The van der Waals surface area contributed by atoms with Crippen LogP contribution in [0.1, 0.15) is 16.9 Å². The second-order valence-corrected chi connectivity index (χ2v) is 3.56. The summed E-state index contributed by atoms with van der Waals surface area (Å²) in [6, 6.07) is 4.92. The lowest BCUT2D eigenvalue weighted by Crippen LogP contribution is -2.35. The van der Waals surface area contributed by atoms with Crippen molar-refractivity contribution in [2.45, 2.75) is 6.42 Å². The third kappa shape index (κ3) is 3.71. The number of ether oxygens (including phenoxy) is 1. The highest BCUT2D eigenvalue weighted by atomic mass is 16.5. The van der Waals surface area contributed by atoms with Crippen molar-refractivity contribution >= 4 is 5.91 Å². The number of carbonyl (C=O) groups is 1. The van der Waals surface area contributed by atoms with Crippen LogP contribution in [0.4, 0.5) is 0 Å². The molecule has 0 saturated carbocycles. The molecule has 0 saturated heterocycles. The van der Waals surface area contributed by atoms with Gasteiger partial charge >= 0.3 is 0 Å². The van der Waals surface area contributed by atoms with Crippen LogP contribution in [0, 0.1) is 11.3 Å². The van der Waals surface area contributed by atoms with E-state index in [0.717, 1.165) is 0 Å². The number of hydrogen-bond donors (Lipinski definition) is 1. The van der Waals surface area contributed by atoms with Gasteiger partial charge in [0.1, 0.15) is 5.75 Å². The highest BCUT2D eigenvalue weighted by Gasteiger charge is 2.19. The number of rotatable bonds is 6. The van der Waals surface area contributed by atoms with E-state index in [1.54, 1.807) is 6.07 Å². The van der Waals surface area contributed by atoms with Crippen LogP contribution in [0.5, 0.6) is 5.75 Å². The van der Waals surface area contributed by atoms with Gasteiger partial charge in [-0.3, -0.25) is 4.79 Å². The van der Waals surface area contributed by atoms with Crippen molar-refractivity contribution in [1.82, 2.24) is 9.88 Å². The van der Waals surface area contributed by atoms with E-state index >= 15 is 0 Å². The Morgan fingerprint density at radius 1 is 1.61 bits per heavy atom. The van der Waals surface area contributed by atoms with Gasteiger partial charge in [-0.2, -0.15) is 5.26 Å². The van der Waals surface area contributed by atoms with Crippen molar-refractivity contribution in [3.8, 4) is 11.8 Å². The lowest BCUT2D eigenvalue weighted by atomic mass is 10.2. The zero-order valence-corrected chi connectivity index (χ0v) is 10.2. The van der Waals surface area contributed by atoms with Crippen LogP contribution in [-0.4, -0.2) is 47.7 Å². The summed E-state index contributed by atoms with van der Waals surface area (Å²) in [5, 5.41) is 18.1. The van der Waals surface area contributed by atoms with Gasteiger partial charge in [-0.1, -0.05) is 0 Å². The van der Waals surface area contributed by atoms with E-state index in [9.17, 15) is 9.90 Å². The van der Waals surface area contributed by atoms with Gasteiger partial charge in [-0.05, 0) is 12.1 Å². The molecule has 0 unspecified atom stereocenters. The van der Waals surface area contributed by atoms with Gasteiger partial charge in [-0.25, -0.2) is 4.98 Å². The van der Waals surface area contributed by atoms with Gasteiger partial charge in [0.15, 0.2) is 5.69 Å². The number of methoxy groups -OCH3 is 1. The summed E-state index contributed by atoms with van der Waals surface area (Å²) in [7, 11) is 1.53. The Labute approximate surface area is 105 Å². The molecule has 6 heteroatoms. The first kappa shape index (κ1) is 13.9. The molecule has 0 bridgehead atoms. The van der Waals surface area contributed by atoms with Crippen LogP contribution in [0.3, 0.4) is 0 Å². The number of hydrogen-bond acceptors (Lipinski definition) is 5. The Morgan fingerprint density at radius 2 is 2.39 bits per heavy atom. The van der Waals surface area contributed by atoms with Crippen LogP contribution in [0.2, 0.25) is 0 Å². The molecule has 96 valence electrons. The predicted molar refractivity (Wildman–Crippen MR) is 63.9 cm³/mol. The summed E-state index contributed by atoms with van der Waals surface area (Å²) in [5.41, 5.74) is -0.00783. The van der Waals surface area contributed by atoms with Gasteiger partial charge in [0.25, 0.3) is 5.91 Å². The predicted octanol–water partition coefficient (Wildman–Crippen LogP) is 0.789. The fourth-order valence-corrected chi connectivity index (χ4v) is 1.41. The lowest BCUT2D eigenvalue weighted by molar-refractivity contribution is 0.0691. The van der Waals surface area contributed by atoms with E-state index in [4.69, 9.17) is 10.00 Å². The molecule has 1 aromatic rings. The number of pyridine rings is 1. The molecule has 1 N–H and O–H groups in total. The van der Waals surface area contributed by atoms with Gasteiger partial charge in [0.05, 0.1) is 19.1 Å². The van der Waals surface area contributed by atoms with Crippen molar-refractivity contribution < 1.29 is 14.6 Å². The zero-order chi connectivity index (χ0) is 13.4. The molecule has 0 radical (unpaired) electrons. The maximum absolute atomic E-state index is 12.1. The van der Waals surface area contributed by atoms with E-state index in [2.05, 4.69) is 4.98 Å². The maximum atomic E-state index is 12.1. The molecule has 0 atom stereocenters. The van der Waals surface area contributed by atoms with Gasteiger partial charge in [0.2, 0.25) is 0 Å². The van der Waals surface area contributed by atoms with Crippen LogP contribution in [-0.2, 0) is 4.74 Å². The maximum Gasteiger partial charge on any atom is 0.276 e. The van der Waals surface area contributed by atoms with E-state index in [0.29, 0.717) is 13.2 Å². The van der Waals surface area contributed by atoms with Gasteiger partial charge in [-0.15, -0.1) is 0 Å². The minimum atomic E-state index is -0.402.